The zero-order chi connectivity index (χ0) is 20.1. The Hall–Kier alpha value is -3.25. The molecule has 2 N–H and O–H groups in total. The first-order chi connectivity index (χ1) is 13.5. The Balaban J connectivity index is 1.71. The molecule has 1 amide bonds. The van der Waals surface area contributed by atoms with E-state index in [2.05, 4.69) is 15.6 Å². The Morgan fingerprint density at radius 1 is 1.00 bits per heavy atom. The van der Waals surface area contributed by atoms with Crippen molar-refractivity contribution in [3.05, 3.63) is 70.9 Å². The largest absolute Gasteiger partial charge is 0.493 e. The third kappa shape index (κ3) is 4.53. The van der Waals surface area contributed by atoms with Crippen LogP contribution in [-0.4, -0.2) is 25.1 Å². The lowest BCUT2D eigenvalue weighted by molar-refractivity contribution is 0.102. The molecule has 0 aliphatic heterocycles. The zero-order valence-electron chi connectivity index (χ0n) is 15.7. The smallest absolute Gasteiger partial charge is 0.257 e. The van der Waals surface area contributed by atoms with E-state index in [-0.39, 0.29) is 5.91 Å². The molecule has 0 aliphatic carbocycles. The minimum absolute atomic E-state index is 0.254. The second-order valence-electron chi connectivity index (χ2n) is 6.04. The fraction of sp³-hybridized carbons (Fsp3) is 0.143. The van der Waals surface area contributed by atoms with Crippen LogP contribution < -0.4 is 20.1 Å². The fourth-order valence-electron chi connectivity index (χ4n) is 2.59. The lowest BCUT2D eigenvalue weighted by atomic mass is 10.2. The number of anilines is 3. The second-order valence-corrected chi connectivity index (χ2v) is 6.48. The molecule has 144 valence electrons. The summed E-state index contributed by atoms with van der Waals surface area (Å²) in [5.74, 6) is 1.60. The quantitative estimate of drug-likeness (QED) is 0.608. The standard InChI is InChI=1S/C21H20ClN3O3/c1-13-4-6-15(22)10-17(13)25-21(26)14-5-9-20(23-12-14)24-16-7-8-18(27-2)19(11-16)28-3/h4-12H,1-3H3,(H,23,24)(H,25,26). The molecule has 1 aromatic heterocycles. The van der Waals surface area contributed by atoms with E-state index in [1.807, 2.05) is 25.1 Å². The predicted molar refractivity (Wildman–Crippen MR) is 111 cm³/mol. The van der Waals surface area contributed by atoms with Gasteiger partial charge in [-0.15, -0.1) is 0 Å². The number of aryl methyl sites for hydroxylation is 1. The normalized spacial score (nSPS) is 10.3. The Kier molecular flexibility index (Phi) is 6.01. The van der Waals surface area contributed by atoms with Gasteiger partial charge in [0.1, 0.15) is 5.82 Å². The molecule has 3 aromatic rings. The monoisotopic (exact) mass is 397 g/mol. The number of nitrogens with one attached hydrogen (secondary N) is 2. The first-order valence-electron chi connectivity index (χ1n) is 8.53. The number of nitrogens with zero attached hydrogens (tertiary/aromatic N) is 1. The maximum absolute atomic E-state index is 12.5. The topological polar surface area (TPSA) is 72.5 Å². The zero-order valence-corrected chi connectivity index (χ0v) is 16.5. The van der Waals surface area contributed by atoms with E-state index in [1.54, 1.807) is 44.6 Å². The minimum atomic E-state index is -0.254. The molecule has 1 heterocycles. The van der Waals surface area contributed by atoms with Crippen LogP contribution in [0.1, 0.15) is 15.9 Å². The van der Waals surface area contributed by atoms with Gasteiger partial charge in [0, 0.05) is 28.7 Å². The number of methoxy groups -OCH3 is 2. The van der Waals surface area contributed by atoms with Gasteiger partial charge in [0.15, 0.2) is 11.5 Å². The van der Waals surface area contributed by atoms with Crippen LogP contribution in [0.5, 0.6) is 11.5 Å². The molecule has 3 rings (SSSR count). The SMILES string of the molecule is COc1ccc(Nc2ccc(C(=O)Nc3cc(Cl)ccc3C)cn2)cc1OC. The van der Waals surface area contributed by atoms with Crippen LogP contribution in [-0.2, 0) is 0 Å². The average Bonchev–Trinajstić information content (AvgIpc) is 2.71. The Labute approximate surface area is 168 Å². The molecule has 0 radical (unpaired) electrons. The number of hydrogen-bond acceptors (Lipinski definition) is 5. The van der Waals surface area contributed by atoms with E-state index in [4.69, 9.17) is 21.1 Å². The summed E-state index contributed by atoms with van der Waals surface area (Å²) >= 11 is 6.00. The molecule has 28 heavy (non-hydrogen) atoms. The van der Waals surface area contributed by atoms with E-state index in [1.165, 1.54) is 6.20 Å². The van der Waals surface area contributed by atoms with Crippen molar-refractivity contribution in [1.82, 2.24) is 4.98 Å². The van der Waals surface area contributed by atoms with Crippen molar-refractivity contribution in [1.29, 1.82) is 0 Å². The van der Waals surface area contributed by atoms with Gasteiger partial charge in [0.05, 0.1) is 19.8 Å². The number of carbonyl (C=O) groups excluding carboxylic acids is 1. The molecule has 7 heteroatoms. The van der Waals surface area contributed by atoms with Crippen LogP contribution in [0.25, 0.3) is 0 Å². The van der Waals surface area contributed by atoms with Crippen molar-refractivity contribution in [2.24, 2.45) is 0 Å². The van der Waals surface area contributed by atoms with Gasteiger partial charge in [-0.2, -0.15) is 0 Å². The van der Waals surface area contributed by atoms with Gasteiger partial charge < -0.3 is 20.1 Å². The first-order valence-corrected chi connectivity index (χ1v) is 8.90. The number of rotatable bonds is 6. The molecule has 0 aliphatic rings. The van der Waals surface area contributed by atoms with E-state index in [0.717, 1.165) is 11.3 Å². The number of hydrogen-bond donors (Lipinski definition) is 2. The summed E-state index contributed by atoms with van der Waals surface area (Å²) in [5, 5.41) is 6.58. The third-order valence-electron chi connectivity index (χ3n) is 4.13. The Bertz CT molecular complexity index is 991. The van der Waals surface area contributed by atoms with Crippen LogP contribution in [0.3, 0.4) is 0 Å². The number of halogens is 1. The molecule has 6 nitrogen and oxygen atoms in total. The molecule has 0 saturated heterocycles. The minimum Gasteiger partial charge on any atom is -0.493 e. The lowest BCUT2D eigenvalue weighted by Gasteiger charge is -2.11. The van der Waals surface area contributed by atoms with Gasteiger partial charge in [0.2, 0.25) is 0 Å². The average molecular weight is 398 g/mol. The van der Waals surface area contributed by atoms with Crippen molar-refractivity contribution in [2.45, 2.75) is 6.92 Å². The third-order valence-corrected chi connectivity index (χ3v) is 4.36. The second kappa shape index (κ2) is 8.63. The van der Waals surface area contributed by atoms with E-state index >= 15 is 0 Å². The van der Waals surface area contributed by atoms with Gasteiger partial charge in [-0.25, -0.2) is 4.98 Å². The van der Waals surface area contributed by atoms with E-state index in [0.29, 0.717) is 33.6 Å². The molecule has 0 atom stereocenters. The summed E-state index contributed by atoms with van der Waals surface area (Å²) in [6, 6.07) is 14.2. The number of amides is 1. The molecule has 0 unspecified atom stereocenters. The van der Waals surface area contributed by atoms with Crippen LogP contribution in [0.4, 0.5) is 17.2 Å². The highest BCUT2D eigenvalue weighted by molar-refractivity contribution is 6.31. The molecular weight excluding hydrogens is 378 g/mol. The van der Waals surface area contributed by atoms with Gasteiger partial charge >= 0.3 is 0 Å². The van der Waals surface area contributed by atoms with Gasteiger partial charge in [-0.1, -0.05) is 17.7 Å². The van der Waals surface area contributed by atoms with Crippen LogP contribution in [0, 0.1) is 6.92 Å². The summed E-state index contributed by atoms with van der Waals surface area (Å²) in [4.78, 5) is 16.8. The van der Waals surface area contributed by atoms with Gasteiger partial charge in [-0.3, -0.25) is 4.79 Å². The number of carbonyl (C=O) groups is 1. The predicted octanol–water partition coefficient (Wildman–Crippen LogP) is 5.06. The highest BCUT2D eigenvalue weighted by Crippen LogP contribution is 2.30. The summed E-state index contributed by atoms with van der Waals surface area (Å²) in [6.45, 7) is 1.90. The lowest BCUT2D eigenvalue weighted by Crippen LogP contribution is -2.13. The summed E-state index contributed by atoms with van der Waals surface area (Å²) in [5.41, 5.74) is 2.83. The maximum Gasteiger partial charge on any atom is 0.257 e. The number of aromatic nitrogens is 1. The maximum atomic E-state index is 12.5. The molecule has 2 aromatic carbocycles. The van der Waals surface area contributed by atoms with Crippen molar-refractivity contribution >= 4 is 34.7 Å². The number of ether oxygens (including phenoxy) is 2. The Morgan fingerprint density at radius 2 is 1.79 bits per heavy atom. The van der Waals surface area contributed by atoms with Crippen molar-refractivity contribution in [3.8, 4) is 11.5 Å². The van der Waals surface area contributed by atoms with Gasteiger partial charge in [0.25, 0.3) is 5.91 Å². The van der Waals surface area contributed by atoms with Crippen LogP contribution >= 0.6 is 11.6 Å². The summed E-state index contributed by atoms with van der Waals surface area (Å²) in [7, 11) is 3.16. The number of benzene rings is 2. The fourth-order valence-corrected chi connectivity index (χ4v) is 2.76. The van der Waals surface area contributed by atoms with Crippen LogP contribution in [0.15, 0.2) is 54.7 Å². The summed E-state index contributed by atoms with van der Waals surface area (Å²) in [6.07, 6.45) is 1.51. The Morgan fingerprint density at radius 3 is 2.46 bits per heavy atom. The van der Waals surface area contributed by atoms with Crippen LogP contribution in [0.2, 0.25) is 5.02 Å². The summed E-state index contributed by atoms with van der Waals surface area (Å²) < 4.78 is 10.5. The first kappa shape index (κ1) is 19.5. The van der Waals surface area contributed by atoms with Crippen molar-refractivity contribution in [3.63, 3.8) is 0 Å². The van der Waals surface area contributed by atoms with E-state index in [9.17, 15) is 4.79 Å². The molecule has 0 fully saturated rings. The number of pyridine rings is 1. The molecule has 0 spiro atoms. The molecule has 0 saturated carbocycles. The molecular formula is C21H20ClN3O3. The van der Waals surface area contributed by atoms with Gasteiger partial charge in [-0.05, 0) is 48.9 Å². The molecule has 0 bridgehead atoms. The van der Waals surface area contributed by atoms with E-state index < -0.39 is 0 Å². The van der Waals surface area contributed by atoms with Crippen molar-refractivity contribution < 1.29 is 14.3 Å². The highest BCUT2D eigenvalue weighted by Gasteiger charge is 2.10. The van der Waals surface area contributed by atoms with Crippen molar-refractivity contribution in [2.75, 3.05) is 24.9 Å². The highest BCUT2D eigenvalue weighted by atomic mass is 35.5.